The fraction of sp³-hybridized carbons (Fsp3) is 0.348. The van der Waals surface area contributed by atoms with Gasteiger partial charge in [0.05, 0.1) is 7.11 Å². The molecular weight excluding hydrogens is 398 g/mol. The third-order valence-corrected chi connectivity index (χ3v) is 4.47. The number of amides is 3. The minimum Gasteiger partial charge on any atom is -0.493 e. The molecule has 0 bridgehead atoms. The molecule has 2 aromatic carbocycles. The number of nitrogens with one attached hydrogen (secondary N) is 2. The van der Waals surface area contributed by atoms with Crippen molar-refractivity contribution in [2.75, 3.05) is 34.4 Å². The Kier molecular flexibility index (Phi) is 9.35. The SMILES string of the molecule is COc1cc(CNC(=O)CCCNC(=O)c2ccccc2)ccc1OCC(=O)N(C)C. The van der Waals surface area contributed by atoms with Crippen molar-refractivity contribution in [1.29, 1.82) is 0 Å². The zero-order valence-corrected chi connectivity index (χ0v) is 18.1. The Labute approximate surface area is 182 Å². The smallest absolute Gasteiger partial charge is 0.259 e. The molecule has 31 heavy (non-hydrogen) atoms. The van der Waals surface area contributed by atoms with Gasteiger partial charge in [0.1, 0.15) is 0 Å². The van der Waals surface area contributed by atoms with E-state index in [9.17, 15) is 14.4 Å². The molecule has 0 radical (unpaired) electrons. The van der Waals surface area contributed by atoms with Crippen LogP contribution in [0.5, 0.6) is 11.5 Å². The molecule has 0 aliphatic rings. The standard InChI is InChI=1S/C23H29N3O5/c1-26(2)22(28)16-31-19-12-11-17(14-20(19)30-3)15-25-21(27)10-7-13-24-23(29)18-8-5-4-6-9-18/h4-6,8-9,11-12,14H,7,10,13,15-16H2,1-3H3,(H,24,29)(H,25,27). The topological polar surface area (TPSA) is 97.0 Å². The summed E-state index contributed by atoms with van der Waals surface area (Å²) in [6, 6.07) is 14.2. The van der Waals surface area contributed by atoms with Crippen molar-refractivity contribution >= 4 is 17.7 Å². The van der Waals surface area contributed by atoms with Gasteiger partial charge in [0.25, 0.3) is 11.8 Å². The van der Waals surface area contributed by atoms with E-state index < -0.39 is 0 Å². The molecule has 0 atom stereocenters. The van der Waals surface area contributed by atoms with Gasteiger partial charge in [-0.1, -0.05) is 24.3 Å². The molecule has 8 nitrogen and oxygen atoms in total. The summed E-state index contributed by atoms with van der Waals surface area (Å²) in [6.07, 6.45) is 0.848. The Morgan fingerprint density at radius 3 is 2.39 bits per heavy atom. The highest BCUT2D eigenvalue weighted by molar-refractivity contribution is 5.94. The minimum absolute atomic E-state index is 0.0831. The minimum atomic E-state index is -0.154. The van der Waals surface area contributed by atoms with Crippen molar-refractivity contribution in [3.63, 3.8) is 0 Å². The third kappa shape index (κ3) is 8.00. The molecule has 0 saturated heterocycles. The lowest BCUT2D eigenvalue weighted by atomic mass is 10.2. The van der Waals surface area contributed by atoms with Gasteiger partial charge in [-0.3, -0.25) is 14.4 Å². The summed E-state index contributed by atoms with van der Waals surface area (Å²) in [5.41, 5.74) is 1.44. The van der Waals surface area contributed by atoms with E-state index in [4.69, 9.17) is 9.47 Å². The highest BCUT2D eigenvalue weighted by Gasteiger charge is 2.11. The van der Waals surface area contributed by atoms with Crippen molar-refractivity contribution < 1.29 is 23.9 Å². The first-order valence-corrected chi connectivity index (χ1v) is 10.0. The largest absolute Gasteiger partial charge is 0.493 e. The van der Waals surface area contributed by atoms with Crippen LogP contribution in [0.3, 0.4) is 0 Å². The number of carbonyl (C=O) groups excluding carboxylic acids is 3. The Balaban J connectivity index is 1.73. The number of ether oxygens (including phenoxy) is 2. The summed E-state index contributed by atoms with van der Waals surface area (Å²) in [5, 5.41) is 5.65. The average Bonchev–Trinajstić information content (AvgIpc) is 2.79. The van der Waals surface area contributed by atoms with Gasteiger partial charge in [-0.25, -0.2) is 0 Å². The van der Waals surface area contributed by atoms with E-state index in [-0.39, 0.29) is 24.3 Å². The molecule has 0 saturated carbocycles. The van der Waals surface area contributed by atoms with E-state index in [0.717, 1.165) is 5.56 Å². The molecule has 2 rings (SSSR count). The molecule has 0 fully saturated rings. The predicted molar refractivity (Wildman–Crippen MR) is 117 cm³/mol. The summed E-state index contributed by atoms with van der Waals surface area (Å²) in [7, 11) is 4.83. The summed E-state index contributed by atoms with van der Waals surface area (Å²) in [6.45, 7) is 0.676. The maximum absolute atomic E-state index is 12.1. The Hall–Kier alpha value is -3.55. The van der Waals surface area contributed by atoms with Gasteiger partial charge in [-0.05, 0) is 36.2 Å². The van der Waals surface area contributed by atoms with Crippen LogP contribution in [-0.4, -0.2) is 57.0 Å². The van der Waals surface area contributed by atoms with Crippen LogP contribution in [0.1, 0.15) is 28.8 Å². The van der Waals surface area contributed by atoms with E-state index in [0.29, 0.717) is 43.0 Å². The molecule has 0 heterocycles. The quantitative estimate of drug-likeness (QED) is 0.535. The Bertz CT molecular complexity index is 884. The zero-order valence-electron chi connectivity index (χ0n) is 18.1. The molecule has 2 N–H and O–H groups in total. The number of methoxy groups -OCH3 is 1. The van der Waals surface area contributed by atoms with Gasteiger partial charge in [-0.15, -0.1) is 0 Å². The second-order valence-electron chi connectivity index (χ2n) is 7.06. The summed E-state index contributed by atoms with van der Waals surface area (Å²) < 4.78 is 10.8. The van der Waals surface area contributed by atoms with E-state index >= 15 is 0 Å². The van der Waals surface area contributed by atoms with Gasteiger partial charge in [-0.2, -0.15) is 0 Å². The van der Waals surface area contributed by atoms with Crippen LogP contribution in [-0.2, 0) is 16.1 Å². The van der Waals surface area contributed by atoms with Crippen molar-refractivity contribution in [3.8, 4) is 11.5 Å². The number of benzene rings is 2. The average molecular weight is 428 g/mol. The molecule has 0 unspecified atom stereocenters. The first-order valence-electron chi connectivity index (χ1n) is 10.0. The lowest BCUT2D eigenvalue weighted by Gasteiger charge is -2.14. The Morgan fingerprint density at radius 1 is 0.968 bits per heavy atom. The molecule has 2 aromatic rings. The van der Waals surface area contributed by atoms with Crippen LogP contribution in [0.25, 0.3) is 0 Å². The normalized spacial score (nSPS) is 10.2. The Morgan fingerprint density at radius 2 is 1.71 bits per heavy atom. The van der Waals surface area contributed by atoms with Crippen LogP contribution >= 0.6 is 0 Å². The fourth-order valence-corrected chi connectivity index (χ4v) is 2.64. The van der Waals surface area contributed by atoms with Gasteiger partial charge in [0, 0.05) is 39.2 Å². The molecule has 8 heteroatoms. The molecule has 0 aromatic heterocycles. The first-order chi connectivity index (χ1) is 14.9. The van der Waals surface area contributed by atoms with E-state index in [1.54, 1.807) is 56.6 Å². The number of nitrogens with zero attached hydrogens (tertiary/aromatic N) is 1. The molecule has 3 amide bonds. The lowest BCUT2D eigenvalue weighted by Crippen LogP contribution is -2.27. The molecule has 0 aliphatic heterocycles. The van der Waals surface area contributed by atoms with Crippen LogP contribution in [0.2, 0.25) is 0 Å². The van der Waals surface area contributed by atoms with Gasteiger partial charge < -0.3 is 25.0 Å². The third-order valence-electron chi connectivity index (χ3n) is 4.47. The van der Waals surface area contributed by atoms with Crippen LogP contribution in [0.4, 0.5) is 0 Å². The second kappa shape index (κ2) is 12.2. The first kappa shape index (κ1) is 23.7. The summed E-state index contributed by atoms with van der Waals surface area (Å²) in [4.78, 5) is 37.1. The predicted octanol–water partition coefficient (Wildman–Crippen LogP) is 1.99. The monoisotopic (exact) mass is 427 g/mol. The molecular formula is C23H29N3O5. The van der Waals surface area contributed by atoms with Gasteiger partial charge in [0.15, 0.2) is 18.1 Å². The van der Waals surface area contributed by atoms with Crippen LogP contribution in [0, 0.1) is 0 Å². The molecule has 0 spiro atoms. The highest BCUT2D eigenvalue weighted by Crippen LogP contribution is 2.28. The number of hydrogen-bond acceptors (Lipinski definition) is 5. The number of rotatable bonds is 11. The van der Waals surface area contributed by atoms with E-state index in [1.165, 1.54) is 12.0 Å². The summed E-state index contributed by atoms with van der Waals surface area (Å²) >= 11 is 0. The second-order valence-corrected chi connectivity index (χ2v) is 7.06. The van der Waals surface area contributed by atoms with Gasteiger partial charge in [0.2, 0.25) is 5.91 Å². The van der Waals surface area contributed by atoms with Crippen molar-refractivity contribution in [2.24, 2.45) is 0 Å². The fourth-order valence-electron chi connectivity index (χ4n) is 2.64. The zero-order chi connectivity index (χ0) is 22.6. The number of carbonyl (C=O) groups is 3. The van der Waals surface area contributed by atoms with E-state index in [2.05, 4.69) is 10.6 Å². The highest BCUT2D eigenvalue weighted by atomic mass is 16.5. The van der Waals surface area contributed by atoms with Crippen molar-refractivity contribution in [2.45, 2.75) is 19.4 Å². The maximum atomic E-state index is 12.1. The number of hydrogen-bond donors (Lipinski definition) is 2. The molecule has 166 valence electrons. The van der Waals surface area contributed by atoms with Crippen LogP contribution < -0.4 is 20.1 Å². The van der Waals surface area contributed by atoms with Gasteiger partial charge >= 0.3 is 0 Å². The van der Waals surface area contributed by atoms with E-state index in [1.807, 2.05) is 6.07 Å². The van der Waals surface area contributed by atoms with Crippen molar-refractivity contribution in [1.82, 2.24) is 15.5 Å². The van der Waals surface area contributed by atoms with Crippen molar-refractivity contribution in [3.05, 3.63) is 59.7 Å². The maximum Gasteiger partial charge on any atom is 0.259 e. The number of likely N-dealkylation sites (N-methyl/N-ethyl adjacent to an activating group) is 1. The van der Waals surface area contributed by atoms with Crippen LogP contribution in [0.15, 0.2) is 48.5 Å². The lowest BCUT2D eigenvalue weighted by molar-refractivity contribution is -0.130. The summed E-state index contributed by atoms with van der Waals surface area (Å²) in [5.74, 6) is 0.537. The molecule has 0 aliphatic carbocycles.